The van der Waals surface area contributed by atoms with Crippen LogP contribution in [0.4, 0.5) is 0 Å². The fourth-order valence-corrected chi connectivity index (χ4v) is 3.65. The van der Waals surface area contributed by atoms with Crippen LogP contribution in [0.15, 0.2) is 33.9 Å². The molecule has 3 aromatic heterocycles. The molecule has 4 rings (SSSR count). The number of carbonyl (C=O) groups is 1. The first-order chi connectivity index (χ1) is 13.8. The summed E-state index contributed by atoms with van der Waals surface area (Å²) in [5.74, 6) is -0.141. The van der Waals surface area contributed by atoms with E-state index >= 15 is 0 Å². The number of benzene rings is 1. The molecule has 0 radical (unpaired) electrons. The number of fused-ring (bicyclic) bond motifs is 2. The third-order valence-electron chi connectivity index (χ3n) is 4.98. The van der Waals surface area contributed by atoms with Crippen molar-refractivity contribution in [2.45, 2.75) is 13.0 Å². The van der Waals surface area contributed by atoms with Gasteiger partial charge in [0.25, 0.3) is 5.56 Å². The number of halogens is 1. The normalized spacial score (nSPS) is 11.4. The Kier molecular flexibility index (Phi) is 4.54. The maximum Gasteiger partial charge on any atom is 0.332 e. The van der Waals surface area contributed by atoms with Gasteiger partial charge in [-0.15, -0.1) is 0 Å². The number of hydrogen-bond donors (Lipinski definition) is 1. The number of aromatic nitrogens is 5. The molecule has 0 saturated heterocycles. The summed E-state index contributed by atoms with van der Waals surface area (Å²) in [6.07, 6.45) is -0.101. The van der Waals surface area contributed by atoms with Crippen molar-refractivity contribution >= 4 is 39.6 Å². The average molecular weight is 416 g/mol. The van der Waals surface area contributed by atoms with Crippen LogP contribution in [0.25, 0.3) is 22.1 Å². The smallest absolute Gasteiger partial charge is 0.332 e. The van der Waals surface area contributed by atoms with Gasteiger partial charge in [-0.25, -0.2) is 9.78 Å². The van der Waals surface area contributed by atoms with Gasteiger partial charge >= 0.3 is 11.7 Å². The largest absolute Gasteiger partial charge is 0.469 e. The molecule has 0 atom stereocenters. The van der Waals surface area contributed by atoms with Gasteiger partial charge in [0.2, 0.25) is 0 Å². The number of ether oxygens (including phenoxy) is 1. The van der Waals surface area contributed by atoms with Gasteiger partial charge in [0, 0.05) is 35.7 Å². The predicted molar refractivity (Wildman–Crippen MR) is 108 cm³/mol. The number of aryl methyl sites for hydroxylation is 2. The highest BCUT2D eigenvalue weighted by molar-refractivity contribution is 6.35. The highest BCUT2D eigenvalue weighted by atomic mass is 35.5. The number of nitrogens with one attached hydrogen (secondary N) is 1. The van der Waals surface area contributed by atoms with Crippen LogP contribution in [0.1, 0.15) is 11.5 Å². The number of rotatable bonds is 4. The van der Waals surface area contributed by atoms with Crippen LogP contribution in [0.3, 0.4) is 0 Å². The molecule has 0 spiro atoms. The van der Waals surface area contributed by atoms with Crippen LogP contribution >= 0.6 is 11.6 Å². The Morgan fingerprint density at radius 3 is 2.69 bits per heavy atom. The van der Waals surface area contributed by atoms with Crippen LogP contribution in [0.5, 0.6) is 0 Å². The molecule has 4 aromatic rings. The van der Waals surface area contributed by atoms with Crippen LogP contribution in [-0.4, -0.2) is 36.7 Å². The second-order valence-electron chi connectivity index (χ2n) is 6.74. The van der Waals surface area contributed by atoms with Crippen molar-refractivity contribution in [3.05, 3.63) is 61.6 Å². The topological polar surface area (TPSA) is 104 Å². The van der Waals surface area contributed by atoms with E-state index in [1.165, 1.54) is 23.3 Å². The van der Waals surface area contributed by atoms with Crippen molar-refractivity contribution in [1.29, 1.82) is 0 Å². The van der Waals surface area contributed by atoms with Crippen molar-refractivity contribution in [1.82, 2.24) is 23.7 Å². The summed E-state index contributed by atoms with van der Waals surface area (Å²) in [5.41, 5.74) is 0.953. The Hall–Kier alpha value is -3.33. The molecule has 0 saturated carbocycles. The SMILES string of the molecule is COC(=O)Cc1nc2c(c(=O)n(Cc3cc4c(Cl)cccc4[nH]3)c(=O)n2C)n1C. The van der Waals surface area contributed by atoms with Gasteiger partial charge in [0.1, 0.15) is 12.2 Å². The van der Waals surface area contributed by atoms with Crippen molar-refractivity contribution in [3.8, 4) is 0 Å². The van der Waals surface area contributed by atoms with Gasteiger partial charge in [-0.1, -0.05) is 17.7 Å². The number of carbonyl (C=O) groups excluding carboxylic acids is 1. The Bertz CT molecular complexity index is 1390. The minimum atomic E-state index is -0.505. The minimum Gasteiger partial charge on any atom is -0.469 e. The summed E-state index contributed by atoms with van der Waals surface area (Å²) < 4.78 is 8.62. The molecule has 3 heterocycles. The Balaban J connectivity index is 1.87. The van der Waals surface area contributed by atoms with Gasteiger partial charge < -0.3 is 14.3 Å². The average Bonchev–Trinajstić information content (AvgIpc) is 3.25. The number of esters is 1. The summed E-state index contributed by atoms with van der Waals surface area (Å²) in [7, 11) is 4.45. The first-order valence-electron chi connectivity index (χ1n) is 8.80. The maximum absolute atomic E-state index is 13.1. The van der Waals surface area contributed by atoms with Crippen molar-refractivity contribution in [3.63, 3.8) is 0 Å². The molecular weight excluding hydrogens is 398 g/mol. The fraction of sp³-hybridized carbons (Fsp3) is 0.263. The number of aromatic amines is 1. The first kappa shape index (κ1) is 19.0. The number of nitrogens with zero attached hydrogens (tertiary/aromatic N) is 4. The zero-order chi connectivity index (χ0) is 20.9. The lowest BCUT2D eigenvalue weighted by molar-refractivity contribution is -0.139. The summed E-state index contributed by atoms with van der Waals surface area (Å²) in [6, 6.07) is 7.28. The van der Waals surface area contributed by atoms with E-state index in [1.807, 2.05) is 18.2 Å². The summed E-state index contributed by atoms with van der Waals surface area (Å²) >= 11 is 6.21. The molecular formula is C19H18ClN5O4. The number of H-pyrrole nitrogens is 1. The lowest BCUT2D eigenvalue weighted by Crippen LogP contribution is -2.39. The summed E-state index contributed by atoms with van der Waals surface area (Å²) in [6.45, 7) is 0.0456. The molecule has 0 aliphatic heterocycles. The van der Waals surface area contributed by atoms with E-state index in [0.29, 0.717) is 16.5 Å². The third kappa shape index (κ3) is 3.03. The lowest BCUT2D eigenvalue weighted by atomic mass is 10.2. The summed E-state index contributed by atoms with van der Waals surface area (Å²) in [4.78, 5) is 45.1. The Morgan fingerprint density at radius 1 is 1.24 bits per heavy atom. The molecule has 0 bridgehead atoms. The zero-order valence-corrected chi connectivity index (χ0v) is 16.8. The van der Waals surface area contributed by atoms with Gasteiger partial charge in [0.15, 0.2) is 11.2 Å². The third-order valence-corrected chi connectivity index (χ3v) is 5.31. The molecule has 0 amide bonds. The monoisotopic (exact) mass is 415 g/mol. The van der Waals surface area contributed by atoms with Crippen LogP contribution in [-0.2, 0) is 36.6 Å². The van der Waals surface area contributed by atoms with E-state index < -0.39 is 17.2 Å². The fourth-order valence-electron chi connectivity index (χ4n) is 3.42. The van der Waals surface area contributed by atoms with E-state index in [1.54, 1.807) is 13.1 Å². The highest BCUT2D eigenvalue weighted by Crippen LogP contribution is 2.24. The lowest BCUT2D eigenvalue weighted by Gasteiger charge is -2.07. The second-order valence-corrected chi connectivity index (χ2v) is 7.15. The molecule has 0 aliphatic carbocycles. The molecule has 10 heteroatoms. The van der Waals surface area contributed by atoms with Crippen molar-refractivity contribution < 1.29 is 9.53 Å². The predicted octanol–water partition coefficient (Wildman–Crippen LogP) is 1.33. The summed E-state index contributed by atoms with van der Waals surface area (Å²) in [5, 5.41) is 1.40. The quantitative estimate of drug-likeness (QED) is 0.506. The van der Waals surface area contributed by atoms with Crippen molar-refractivity contribution in [2.75, 3.05) is 7.11 Å². The second kappa shape index (κ2) is 6.93. The Labute approximate surface area is 169 Å². The van der Waals surface area contributed by atoms with E-state index in [4.69, 9.17) is 11.6 Å². The number of imidazole rings is 1. The molecule has 1 aromatic carbocycles. The number of methoxy groups -OCH3 is 1. The molecule has 9 nitrogen and oxygen atoms in total. The van der Waals surface area contributed by atoms with Gasteiger partial charge in [0.05, 0.1) is 13.7 Å². The van der Waals surface area contributed by atoms with Crippen molar-refractivity contribution in [2.24, 2.45) is 14.1 Å². The molecule has 0 unspecified atom stereocenters. The number of hydrogen-bond acceptors (Lipinski definition) is 5. The molecule has 0 aliphatic rings. The molecule has 1 N–H and O–H groups in total. The van der Waals surface area contributed by atoms with Crippen LogP contribution < -0.4 is 11.2 Å². The zero-order valence-electron chi connectivity index (χ0n) is 16.0. The van der Waals surface area contributed by atoms with E-state index in [-0.39, 0.29) is 24.1 Å². The Morgan fingerprint density at radius 2 is 2.00 bits per heavy atom. The van der Waals surface area contributed by atoms with E-state index in [0.717, 1.165) is 15.5 Å². The highest BCUT2D eigenvalue weighted by Gasteiger charge is 2.20. The maximum atomic E-state index is 13.1. The van der Waals surface area contributed by atoms with Gasteiger partial charge in [-0.2, -0.15) is 0 Å². The van der Waals surface area contributed by atoms with E-state index in [9.17, 15) is 14.4 Å². The standard InChI is InChI=1S/C19H18ClN5O4/c1-23-14(8-15(26)29-3)22-17-16(23)18(27)25(19(28)24(17)2)9-10-7-11-12(20)5-4-6-13(11)21-10/h4-7,21H,8-9H2,1-3H3. The minimum absolute atomic E-state index is 0.0456. The molecule has 29 heavy (non-hydrogen) atoms. The van der Waals surface area contributed by atoms with Crippen LogP contribution in [0.2, 0.25) is 5.02 Å². The van der Waals surface area contributed by atoms with Gasteiger partial charge in [-0.05, 0) is 18.2 Å². The molecule has 150 valence electrons. The first-order valence-corrected chi connectivity index (χ1v) is 9.17. The molecule has 0 fully saturated rings. The van der Waals surface area contributed by atoms with Crippen LogP contribution in [0, 0.1) is 0 Å². The van der Waals surface area contributed by atoms with Gasteiger partial charge in [-0.3, -0.25) is 18.7 Å². The van der Waals surface area contributed by atoms with E-state index in [2.05, 4.69) is 14.7 Å².